The zero-order valence-electron chi connectivity index (χ0n) is 7.49. The Morgan fingerprint density at radius 3 is 2.83 bits per heavy atom. The maximum absolute atomic E-state index is 11.6. The molecule has 1 unspecified atom stereocenters. The Morgan fingerprint density at radius 2 is 2.33 bits per heavy atom. The lowest BCUT2D eigenvalue weighted by Crippen LogP contribution is -2.29. The van der Waals surface area contributed by atoms with E-state index in [1.165, 1.54) is 0 Å². The lowest BCUT2D eigenvalue weighted by Gasteiger charge is -2.31. The predicted octanol–water partition coefficient (Wildman–Crippen LogP) is 2.71. The van der Waals surface area contributed by atoms with E-state index in [-0.39, 0.29) is 0 Å². The van der Waals surface area contributed by atoms with Gasteiger partial charge < -0.3 is 4.52 Å². The van der Waals surface area contributed by atoms with Crippen molar-refractivity contribution in [2.45, 2.75) is 20.3 Å². The molecule has 3 nitrogen and oxygen atoms in total. The summed E-state index contributed by atoms with van der Waals surface area (Å²) in [5, 5.41) is 0. The summed E-state index contributed by atoms with van der Waals surface area (Å²) in [5.41, 5.74) is 0. The van der Waals surface area contributed by atoms with E-state index in [1.54, 1.807) is 4.67 Å². The van der Waals surface area contributed by atoms with Crippen molar-refractivity contribution in [1.82, 2.24) is 4.67 Å². The first-order valence-electron chi connectivity index (χ1n) is 4.22. The monoisotopic (exact) mass is 211 g/mol. The lowest BCUT2D eigenvalue weighted by atomic mass is 10.2. The van der Waals surface area contributed by atoms with Gasteiger partial charge in [-0.05, 0) is 23.6 Å². The highest BCUT2D eigenvalue weighted by atomic mass is 35.7. The molecule has 1 saturated heterocycles. The molecule has 0 aromatic rings. The normalized spacial score (nSPS) is 32.7. The molecule has 1 atom stereocenters. The Morgan fingerprint density at radius 1 is 1.67 bits per heavy atom. The summed E-state index contributed by atoms with van der Waals surface area (Å²) in [6.07, 6.45) is 0.920. The summed E-state index contributed by atoms with van der Waals surface area (Å²) < 4.78 is 18.3. The van der Waals surface area contributed by atoms with Gasteiger partial charge in [-0.2, -0.15) is 0 Å². The molecular formula is C7H15ClNO2P. The van der Waals surface area contributed by atoms with Crippen LogP contribution in [0.3, 0.4) is 0 Å². The fourth-order valence-electron chi connectivity index (χ4n) is 1.24. The van der Waals surface area contributed by atoms with Crippen molar-refractivity contribution in [2.24, 2.45) is 5.92 Å². The maximum atomic E-state index is 11.6. The van der Waals surface area contributed by atoms with Gasteiger partial charge in [-0.3, -0.25) is 4.57 Å². The second kappa shape index (κ2) is 4.10. The first-order chi connectivity index (χ1) is 5.52. The van der Waals surface area contributed by atoms with Crippen LogP contribution in [0.5, 0.6) is 0 Å². The van der Waals surface area contributed by atoms with Crippen LogP contribution in [0.25, 0.3) is 0 Å². The van der Waals surface area contributed by atoms with E-state index in [1.807, 2.05) is 0 Å². The summed E-state index contributed by atoms with van der Waals surface area (Å²) in [6, 6.07) is 0. The van der Waals surface area contributed by atoms with Crippen molar-refractivity contribution < 1.29 is 9.09 Å². The number of hydrogen-bond acceptors (Lipinski definition) is 2. The van der Waals surface area contributed by atoms with E-state index in [9.17, 15) is 4.57 Å². The minimum absolute atomic E-state index is 0.471. The summed E-state index contributed by atoms with van der Waals surface area (Å²) in [5.74, 6) is 0.471. The highest BCUT2D eigenvalue weighted by molar-refractivity contribution is 7.83. The molecule has 0 aliphatic carbocycles. The van der Waals surface area contributed by atoms with Crippen molar-refractivity contribution in [3.63, 3.8) is 0 Å². The molecule has 5 heteroatoms. The first kappa shape index (κ1) is 10.5. The van der Waals surface area contributed by atoms with Crippen molar-refractivity contribution in [2.75, 3.05) is 19.7 Å². The van der Waals surface area contributed by atoms with Gasteiger partial charge in [0.05, 0.1) is 6.61 Å². The zero-order valence-corrected chi connectivity index (χ0v) is 9.15. The van der Waals surface area contributed by atoms with Gasteiger partial charge >= 0.3 is 6.87 Å². The van der Waals surface area contributed by atoms with Crippen LogP contribution in [0.1, 0.15) is 20.3 Å². The lowest BCUT2D eigenvalue weighted by molar-refractivity contribution is 0.208. The molecule has 0 bridgehead atoms. The van der Waals surface area contributed by atoms with Crippen LogP contribution in [-0.4, -0.2) is 24.4 Å². The molecule has 0 saturated carbocycles. The molecule has 1 aliphatic heterocycles. The largest absolute Gasteiger partial charge is 0.363 e. The molecule has 12 heavy (non-hydrogen) atoms. The average Bonchev–Trinajstić information content (AvgIpc) is 1.92. The third-order valence-corrected chi connectivity index (χ3v) is 4.20. The van der Waals surface area contributed by atoms with Gasteiger partial charge in [-0.25, -0.2) is 4.67 Å². The van der Waals surface area contributed by atoms with E-state index in [0.29, 0.717) is 12.5 Å². The molecule has 1 heterocycles. The molecule has 1 fully saturated rings. The molecule has 0 aromatic heterocycles. The molecular weight excluding hydrogens is 197 g/mol. The van der Waals surface area contributed by atoms with Crippen molar-refractivity contribution in [3.8, 4) is 0 Å². The Balaban J connectivity index is 2.54. The van der Waals surface area contributed by atoms with Crippen LogP contribution >= 0.6 is 18.1 Å². The zero-order chi connectivity index (χ0) is 9.19. The van der Waals surface area contributed by atoms with E-state index >= 15 is 0 Å². The third-order valence-electron chi connectivity index (χ3n) is 1.72. The fourth-order valence-corrected chi connectivity index (χ4v) is 3.27. The molecule has 0 amide bonds. The van der Waals surface area contributed by atoms with Gasteiger partial charge in [0.25, 0.3) is 0 Å². The third kappa shape index (κ3) is 2.74. The van der Waals surface area contributed by atoms with Gasteiger partial charge in [0.2, 0.25) is 0 Å². The molecule has 0 radical (unpaired) electrons. The summed E-state index contributed by atoms with van der Waals surface area (Å²) >= 11 is 5.74. The van der Waals surface area contributed by atoms with E-state index < -0.39 is 6.87 Å². The smallest absolute Gasteiger partial charge is 0.306 e. The minimum atomic E-state index is -2.95. The Labute approximate surface area is 78.3 Å². The van der Waals surface area contributed by atoms with Gasteiger partial charge in [0.1, 0.15) is 0 Å². The average molecular weight is 212 g/mol. The van der Waals surface area contributed by atoms with Crippen LogP contribution in [0.2, 0.25) is 0 Å². The molecule has 0 N–H and O–H groups in total. The van der Waals surface area contributed by atoms with Crippen LogP contribution in [0.15, 0.2) is 0 Å². The molecule has 0 aromatic carbocycles. The highest BCUT2D eigenvalue weighted by Gasteiger charge is 2.32. The van der Waals surface area contributed by atoms with Gasteiger partial charge in [0, 0.05) is 13.1 Å². The van der Waals surface area contributed by atoms with Gasteiger partial charge in [-0.15, -0.1) is 0 Å². The molecule has 0 spiro atoms. The fraction of sp³-hybridized carbons (Fsp3) is 1.00. The molecule has 1 aliphatic rings. The van der Waals surface area contributed by atoms with Crippen LogP contribution in [-0.2, 0) is 9.09 Å². The summed E-state index contributed by atoms with van der Waals surface area (Å²) in [4.78, 5) is 0. The highest BCUT2D eigenvalue weighted by Crippen LogP contribution is 2.57. The standard InChI is InChI=1S/C7H15ClNO2P/c1-7(2)6-9-4-3-5-11-12(9,8)10/h7H,3-6H2,1-2H3. The maximum Gasteiger partial charge on any atom is 0.363 e. The number of nitrogens with zero attached hydrogens (tertiary/aromatic N) is 1. The predicted molar refractivity (Wildman–Crippen MR) is 50.4 cm³/mol. The van der Waals surface area contributed by atoms with E-state index in [4.69, 9.17) is 15.8 Å². The number of hydrogen-bond donors (Lipinski definition) is 0. The Bertz CT molecular complexity index is 198. The van der Waals surface area contributed by atoms with Crippen molar-refractivity contribution in [3.05, 3.63) is 0 Å². The van der Waals surface area contributed by atoms with E-state index in [0.717, 1.165) is 19.5 Å². The van der Waals surface area contributed by atoms with Crippen molar-refractivity contribution >= 4 is 18.1 Å². The van der Waals surface area contributed by atoms with Gasteiger partial charge in [0.15, 0.2) is 0 Å². The molecule has 1 rings (SSSR count). The SMILES string of the molecule is CC(C)CN1CCCOP1(=O)Cl. The number of rotatable bonds is 2. The van der Waals surface area contributed by atoms with Crippen LogP contribution in [0, 0.1) is 5.92 Å². The topological polar surface area (TPSA) is 29.5 Å². The quantitative estimate of drug-likeness (QED) is 0.658. The Kier molecular flexibility index (Phi) is 3.59. The van der Waals surface area contributed by atoms with Crippen LogP contribution in [0.4, 0.5) is 0 Å². The summed E-state index contributed by atoms with van der Waals surface area (Å²) in [7, 11) is 0. The van der Waals surface area contributed by atoms with Gasteiger partial charge in [-0.1, -0.05) is 13.8 Å². The van der Waals surface area contributed by atoms with Crippen molar-refractivity contribution in [1.29, 1.82) is 0 Å². The minimum Gasteiger partial charge on any atom is -0.306 e. The van der Waals surface area contributed by atoms with E-state index in [2.05, 4.69) is 13.8 Å². The summed E-state index contributed by atoms with van der Waals surface area (Å²) in [6.45, 7) is 3.27. The second-order valence-corrected chi connectivity index (χ2v) is 6.45. The molecule has 72 valence electrons. The second-order valence-electron chi connectivity index (χ2n) is 3.44. The number of halogens is 1. The first-order valence-corrected chi connectivity index (χ1v) is 6.70. The Hall–Kier alpha value is 0.440. The van der Waals surface area contributed by atoms with Crippen LogP contribution < -0.4 is 0 Å².